The third-order valence-electron chi connectivity index (χ3n) is 2.14. The van der Waals surface area contributed by atoms with E-state index < -0.39 is 0 Å². The van der Waals surface area contributed by atoms with E-state index in [1.807, 2.05) is 12.1 Å². The summed E-state index contributed by atoms with van der Waals surface area (Å²) in [7, 11) is 0. The molecule has 0 radical (unpaired) electrons. The molecule has 0 heterocycles. The minimum absolute atomic E-state index is 0.239. The van der Waals surface area contributed by atoms with Gasteiger partial charge in [-0.3, -0.25) is 0 Å². The maximum atomic E-state index is 5.65. The van der Waals surface area contributed by atoms with Crippen LogP contribution in [0.4, 0.5) is 5.69 Å². The molecule has 1 nitrogen and oxygen atoms in total. The first kappa shape index (κ1) is 10.5. The Kier molecular flexibility index (Phi) is 3.30. The zero-order valence-electron chi connectivity index (χ0n) is 8.60. The Morgan fingerprint density at radius 1 is 0.800 bits per heavy atom. The molecule has 2 aromatic carbocycles. The third-order valence-corrected chi connectivity index (χ3v) is 5.04. The molecule has 0 saturated carbocycles. The fourth-order valence-corrected chi connectivity index (χ4v) is 3.61. The van der Waals surface area contributed by atoms with Crippen LogP contribution in [0.25, 0.3) is 0 Å². The summed E-state index contributed by atoms with van der Waals surface area (Å²) in [6, 6.07) is 17.0. The first-order valence-corrected chi connectivity index (χ1v) is 7.17. The van der Waals surface area contributed by atoms with Gasteiger partial charge >= 0.3 is 101 Å². The van der Waals surface area contributed by atoms with Crippen molar-refractivity contribution in [2.24, 2.45) is 0 Å². The summed E-state index contributed by atoms with van der Waals surface area (Å²) in [5.74, 6) is 0. The fourth-order valence-electron chi connectivity index (χ4n) is 1.28. The van der Waals surface area contributed by atoms with E-state index in [0.717, 1.165) is 5.69 Å². The third kappa shape index (κ3) is 2.99. The number of anilines is 1. The topological polar surface area (TPSA) is 26.0 Å². The molecule has 0 aliphatic rings. The van der Waals surface area contributed by atoms with Crippen LogP contribution in [0.2, 0.25) is 0 Å². The summed E-state index contributed by atoms with van der Waals surface area (Å²) in [6.45, 7) is 2.12. The van der Waals surface area contributed by atoms with Crippen LogP contribution in [-0.4, -0.2) is 20.9 Å². The van der Waals surface area contributed by atoms with Crippen LogP contribution in [-0.2, 0) is 0 Å². The molecule has 0 aliphatic heterocycles. The monoisotopic (exact) mass is 313 g/mol. The molecule has 0 spiro atoms. The number of benzene rings is 2. The Balaban J connectivity index is 2.15. The van der Waals surface area contributed by atoms with E-state index in [4.69, 9.17) is 5.73 Å². The van der Waals surface area contributed by atoms with Crippen molar-refractivity contribution in [3.05, 3.63) is 54.1 Å². The Hall–Kier alpha value is -0.970. The summed E-state index contributed by atoms with van der Waals surface area (Å²) < 4.78 is 2.90. The predicted molar refractivity (Wildman–Crippen MR) is 67.1 cm³/mol. The average Bonchev–Trinajstić information content (AvgIpc) is 2.25. The molecule has 2 rings (SSSR count). The number of nitrogen functional groups attached to an aromatic ring is 1. The van der Waals surface area contributed by atoms with Crippen molar-refractivity contribution in [3.8, 4) is 0 Å². The Bertz CT molecular complexity index is 388. The normalized spacial score (nSPS) is 10.2. The van der Waals surface area contributed by atoms with Gasteiger partial charge in [0.25, 0.3) is 0 Å². The van der Waals surface area contributed by atoms with Gasteiger partial charge in [-0.15, -0.1) is 0 Å². The molecule has 0 saturated heterocycles. The van der Waals surface area contributed by atoms with Crippen LogP contribution in [0.5, 0.6) is 0 Å². The van der Waals surface area contributed by atoms with Gasteiger partial charge < -0.3 is 0 Å². The van der Waals surface area contributed by atoms with Crippen LogP contribution >= 0.6 is 0 Å². The van der Waals surface area contributed by atoms with Crippen LogP contribution in [0, 0.1) is 6.92 Å². The molecule has 0 fully saturated rings. The van der Waals surface area contributed by atoms with E-state index in [9.17, 15) is 0 Å². The Morgan fingerprint density at radius 2 is 1.27 bits per heavy atom. The number of hydrogen-bond donors (Lipinski definition) is 1. The molecule has 0 unspecified atom stereocenters. The second-order valence-corrected chi connectivity index (χ2v) is 6.76. The molecule has 0 aromatic heterocycles. The van der Waals surface area contributed by atoms with Crippen molar-refractivity contribution in [1.29, 1.82) is 0 Å². The van der Waals surface area contributed by atoms with Crippen molar-refractivity contribution in [1.82, 2.24) is 0 Å². The second-order valence-electron chi connectivity index (χ2n) is 3.48. The molecule has 2 aromatic rings. The number of hydrogen-bond acceptors (Lipinski definition) is 1. The molecular weight excluding hydrogens is 298 g/mol. The van der Waals surface area contributed by atoms with Crippen molar-refractivity contribution in [2.45, 2.75) is 6.92 Å². The maximum absolute atomic E-state index is 5.65. The molecule has 76 valence electrons. The average molecular weight is 311 g/mol. The van der Waals surface area contributed by atoms with Crippen molar-refractivity contribution in [3.63, 3.8) is 0 Å². The Morgan fingerprint density at radius 3 is 1.80 bits per heavy atom. The van der Waals surface area contributed by atoms with Gasteiger partial charge in [-0.2, -0.15) is 0 Å². The standard InChI is InChI=1S/C13H13NTe/c1-10-2-6-12(7-3-10)15-13-8-4-11(14)5-9-13/h2-9H,14H2,1H3. The van der Waals surface area contributed by atoms with Crippen molar-refractivity contribution >= 4 is 33.8 Å². The molecule has 2 N–H and O–H groups in total. The van der Waals surface area contributed by atoms with Crippen LogP contribution in [0.3, 0.4) is 0 Å². The minimum atomic E-state index is -0.239. The molecule has 0 bridgehead atoms. The second kappa shape index (κ2) is 4.70. The van der Waals surface area contributed by atoms with E-state index in [1.54, 1.807) is 0 Å². The summed E-state index contributed by atoms with van der Waals surface area (Å²) in [5, 5.41) is 0. The van der Waals surface area contributed by atoms with E-state index >= 15 is 0 Å². The van der Waals surface area contributed by atoms with Gasteiger partial charge in [-0.1, -0.05) is 0 Å². The fraction of sp³-hybridized carbons (Fsp3) is 0.0769. The first-order chi connectivity index (χ1) is 7.24. The van der Waals surface area contributed by atoms with Gasteiger partial charge in [0.15, 0.2) is 0 Å². The molecule has 0 aliphatic carbocycles. The van der Waals surface area contributed by atoms with E-state index in [1.165, 1.54) is 12.8 Å². The van der Waals surface area contributed by atoms with E-state index in [2.05, 4.69) is 43.3 Å². The zero-order valence-corrected chi connectivity index (χ0v) is 10.9. The van der Waals surface area contributed by atoms with Gasteiger partial charge in [0.05, 0.1) is 0 Å². The zero-order chi connectivity index (χ0) is 10.7. The SMILES string of the molecule is Cc1ccc([Te]c2ccc(N)cc2)cc1. The summed E-state index contributed by atoms with van der Waals surface area (Å²) in [6.07, 6.45) is 0. The summed E-state index contributed by atoms with van der Waals surface area (Å²) >= 11 is -0.239. The quantitative estimate of drug-likeness (QED) is 0.655. The van der Waals surface area contributed by atoms with Crippen molar-refractivity contribution < 1.29 is 0 Å². The predicted octanol–water partition coefficient (Wildman–Crippen LogP) is 1.23. The van der Waals surface area contributed by atoms with E-state index in [-0.39, 0.29) is 20.9 Å². The number of nitrogens with two attached hydrogens (primary N) is 1. The molecule has 2 heteroatoms. The summed E-state index contributed by atoms with van der Waals surface area (Å²) in [4.78, 5) is 0. The molecular formula is C13H13NTe. The van der Waals surface area contributed by atoms with Gasteiger partial charge in [0.1, 0.15) is 0 Å². The molecule has 0 atom stereocenters. The Labute approximate surface area is 100 Å². The number of aryl methyl sites for hydroxylation is 1. The van der Waals surface area contributed by atoms with E-state index in [0.29, 0.717) is 0 Å². The first-order valence-electron chi connectivity index (χ1n) is 4.84. The van der Waals surface area contributed by atoms with Crippen molar-refractivity contribution in [2.75, 3.05) is 5.73 Å². The molecule has 15 heavy (non-hydrogen) atoms. The van der Waals surface area contributed by atoms with Gasteiger partial charge in [-0.05, 0) is 0 Å². The summed E-state index contributed by atoms with van der Waals surface area (Å²) in [5.41, 5.74) is 7.82. The van der Waals surface area contributed by atoms with Gasteiger partial charge in [-0.25, -0.2) is 0 Å². The number of rotatable bonds is 2. The van der Waals surface area contributed by atoms with Gasteiger partial charge in [0, 0.05) is 0 Å². The van der Waals surface area contributed by atoms with Gasteiger partial charge in [0.2, 0.25) is 0 Å². The van der Waals surface area contributed by atoms with Crippen LogP contribution in [0.1, 0.15) is 5.56 Å². The molecule has 0 amide bonds. The van der Waals surface area contributed by atoms with Crippen LogP contribution in [0.15, 0.2) is 48.5 Å². The van der Waals surface area contributed by atoms with Crippen LogP contribution < -0.4 is 13.0 Å².